The van der Waals surface area contributed by atoms with Gasteiger partial charge in [0, 0.05) is 28.3 Å². The molecule has 1 aliphatic rings. The highest BCUT2D eigenvalue weighted by Crippen LogP contribution is 2.34. The Bertz CT molecular complexity index is 430. The monoisotopic (exact) mass is 341 g/mol. The molecule has 20 heavy (non-hydrogen) atoms. The number of nitrogens with zero attached hydrogens (tertiary/aromatic N) is 1. The first kappa shape index (κ1) is 15.8. The molecule has 0 aromatic heterocycles. The van der Waals surface area contributed by atoms with Gasteiger partial charge in [-0.2, -0.15) is 0 Å². The first-order valence-corrected chi connectivity index (χ1v) is 8.27. The van der Waals surface area contributed by atoms with E-state index in [0.29, 0.717) is 12.6 Å². The predicted molar refractivity (Wildman–Crippen MR) is 86.1 cm³/mol. The second-order valence-corrected chi connectivity index (χ2v) is 6.50. The second kappa shape index (κ2) is 7.43. The standard InChI is InChI=1S/C16H24BrNO2/c1-12(20)15-11-13(17)7-8-16(15)18(9-10-19)14-5-3-2-4-6-14/h7-8,11-12,14,19-20H,2-6,9-10H2,1H3. The number of aliphatic hydroxyl groups is 2. The maximum absolute atomic E-state index is 10.0. The zero-order valence-electron chi connectivity index (χ0n) is 12.1. The molecule has 2 rings (SSSR count). The van der Waals surface area contributed by atoms with Crippen LogP contribution in [0.4, 0.5) is 5.69 Å². The number of hydrogen-bond donors (Lipinski definition) is 2. The highest BCUT2D eigenvalue weighted by molar-refractivity contribution is 9.10. The Hall–Kier alpha value is -0.580. The molecular weight excluding hydrogens is 318 g/mol. The summed E-state index contributed by atoms with van der Waals surface area (Å²) in [4.78, 5) is 2.29. The fraction of sp³-hybridized carbons (Fsp3) is 0.625. The van der Waals surface area contributed by atoms with Crippen LogP contribution in [0.1, 0.15) is 50.7 Å². The number of aliphatic hydroxyl groups excluding tert-OH is 2. The van der Waals surface area contributed by atoms with Gasteiger partial charge < -0.3 is 15.1 Å². The summed E-state index contributed by atoms with van der Waals surface area (Å²) in [6, 6.07) is 6.52. The highest BCUT2D eigenvalue weighted by Gasteiger charge is 2.24. The van der Waals surface area contributed by atoms with Gasteiger partial charge in [-0.15, -0.1) is 0 Å². The molecule has 0 amide bonds. The van der Waals surface area contributed by atoms with E-state index >= 15 is 0 Å². The molecule has 1 unspecified atom stereocenters. The van der Waals surface area contributed by atoms with E-state index in [0.717, 1.165) is 15.7 Å². The number of halogens is 1. The van der Waals surface area contributed by atoms with Crippen molar-refractivity contribution in [2.24, 2.45) is 0 Å². The lowest BCUT2D eigenvalue weighted by atomic mass is 9.93. The number of rotatable bonds is 5. The van der Waals surface area contributed by atoms with Crippen molar-refractivity contribution in [3.8, 4) is 0 Å². The fourth-order valence-corrected chi connectivity index (χ4v) is 3.50. The summed E-state index contributed by atoms with van der Waals surface area (Å²) in [6.07, 6.45) is 5.67. The molecule has 1 aromatic carbocycles. The van der Waals surface area contributed by atoms with Crippen LogP contribution in [0.15, 0.2) is 22.7 Å². The molecule has 3 nitrogen and oxygen atoms in total. The SMILES string of the molecule is CC(O)c1cc(Br)ccc1N(CCO)C1CCCCC1. The van der Waals surface area contributed by atoms with E-state index in [-0.39, 0.29) is 6.61 Å². The third kappa shape index (κ3) is 3.74. The van der Waals surface area contributed by atoms with E-state index in [1.807, 2.05) is 12.1 Å². The van der Waals surface area contributed by atoms with Crippen molar-refractivity contribution in [3.63, 3.8) is 0 Å². The molecule has 1 aromatic rings. The number of hydrogen-bond acceptors (Lipinski definition) is 3. The van der Waals surface area contributed by atoms with Gasteiger partial charge in [-0.1, -0.05) is 35.2 Å². The van der Waals surface area contributed by atoms with Crippen LogP contribution in [0.2, 0.25) is 0 Å². The molecule has 1 saturated carbocycles. The lowest BCUT2D eigenvalue weighted by Gasteiger charge is -2.37. The number of anilines is 1. The summed E-state index contributed by atoms with van der Waals surface area (Å²) in [6.45, 7) is 2.57. The average Bonchev–Trinajstić information content (AvgIpc) is 2.46. The van der Waals surface area contributed by atoms with Gasteiger partial charge in [0.1, 0.15) is 0 Å². The molecule has 4 heteroatoms. The third-order valence-electron chi connectivity index (χ3n) is 4.11. The van der Waals surface area contributed by atoms with E-state index in [1.54, 1.807) is 6.92 Å². The van der Waals surface area contributed by atoms with Crippen LogP contribution in [-0.4, -0.2) is 29.4 Å². The molecule has 1 aliphatic carbocycles. The molecule has 2 N–H and O–H groups in total. The Kier molecular flexibility index (Phi) is 5.87. The second-order valence-electron chi connectivity index (χ2n) is 5.59. The Labute approximate surface area is 129 Å². The van der Waals surface area contributed by atoms with Crippen LogP contribution < -0.4 is 4.90 Å². The van der Waals surface area contributed by atoms with Crippen molar-refractivity contribution in [3.05, 3.63) is 28.2 Å². The molecule has 0 heterocycles. The fourth-order valence-electron chi connectivity index (χ4n) is 3.12. The van der Waals surface area contributed by atoms with Crippen LogP contribution in [0, 0.1) is 0 Å². The Morgan fingerprint density at radius 3 is 2.60 bits per heavy atom. The van der Waals surface area contributed by atoms with Gasteiger partial charge in [0.2, 0.25) is 0 Å². The quantitative estimate of drug-likeness (QED) is 0.859. The normalized spacial score (nSPS) is 18.0. The maximum Gasteiger partial charge on any atom is 0.0782 e. The van der Waals surface area contributed by atoms with Gasteiger partial charge in [0.05, 0.1) is 12.7 Å². The summed E-state index contributed by atoms with van der Waals surface area (Å²) in [7, 11) is 0. The molecule has 0 spiro atoms. The first-order chi connectivity index (χ1) is 9.63. The lowest BCUT2D eigenvalue weighted by Crippen LogP contribution is -2.39. The van der Waals surface area contributed by atoms with Crippen LogP contribution in [0.25, 0.3) is 0 Å². The summed E-state index contributed by atoms with van der Waals surface area (Å²) in [5, 5.41) is 19.4. The van der Waals surface area contributed by atoms with Gasteiger partial charge >= 0.3 is 0 Å². The van der Waals surface area contributed by atoms with E-state index in [1.165, 1.54) is 32.1 Å². The minimum absolute atomic E-state index is 0.145. The highest BCUT2D eigenvalue weighted by atomic mass is 79.9. The minimum atomic E-state index is -0.507. The van der Waals surface area contributed by atoms with Crippen LogP contribution in [0.3, 0.4) is 0 Å². The van der Waals surface area contributed by atoms with Gasteiger partial charge in [0.25, 0.3) is 0 Å². The van der Waals surface area contributed by atoms with Crippen molar-refractivity contribution in [2.45, 2.75) is 51.2 Å². The smallest absolute Gasteiger partial charge is 0.0782 e. The van der Waals surface area contributed by atoms with Crippen LogP contribution >= 0.6 is 15.9 Å². The van der Waals surface area contributed by atoms with Crippen molar-refractivity contribution in [1.82, 2.24) is 0 Å². The van der Waals surface area contributed by atoms with Crippen LogP contribution in [0.5, 0.6) is 0 Å². The molecule has 1 atom stereocenters. The summed E-state index contributed by atoms with van der Waals surface area (Å²) >= 11 is 3.47. The molecule has 112 valence electrons. The van der Waals surface area contributed by atoms with Crippen molar-refractivity contribution >= 4 is 21.6 Å². The Morgan fingerprint density at radius 1 is 1.30 bits per heavy atom. The Morgan fingerprint density at radius 2 is 2.00 bits per heavy atom. The molecule has 0 radical (unpaired) electrons. The van der Waals surface area contributed by atoms with Crippen molar-refractivity contribution < 1.29 is 10.2 Å². The number of benzene rings is 1. The predicted octanol–water partition coefficient (Wildman–Crippen LogP) is 3.63. The summed E-state index contributed by atoms with van der Waals surface area (Å²) in [5.74, 6) is 0. The minimum Gasteiger partial charge on any atom is -0.395 e. The van der Waals surface area contributed by atoms with E-state index in [9.17, 15) is 10.2 Å². The molecule has 1 fully saturated rings. The first-order valence-electron chi connectivity index (χ1n) is 7.48. The zero-order valence-corrected chi connectivity index (χ0v) is 13.6. The van der Waals surface area contributed by atoms with Gasteiger partial charge in [-0.3, -0.25) is 0 Å². The van der Waals surface area contributed by atoms with Crippen molar-refractivity contribution in [2.75, 3.05) is 18.1 Å². The van der Waals surface area contributed by atoms with E-state index < -0.39 is 6.10 Å². The van der Waals surface area contributed by atoms with E-state index in [4.69, 9.17) is 0 Å². The van der Waals surface area contributed by atoms with Gasteiger partial charge in [-0.25, -0.2) is 0 Å². The van der Waals surface area contributed by atoms with E-state index in [2.05, 4.69) is 26.9 Å². The molecule has 0 aliphatic heterocycles. The molecule has 0 bridgehead atoms. The van der Waals surface area contributed by atoms with Crippen molar-refractivity contribution in [1.29, 1.82) is 0 Å². The molecular formula is C16H24BrNO2. The average molecular weight is 342 g/mol. The van der Waals surface area contributed by atoms with Crippen LogP contribution in [-0.2, 0) is 0 Å². The Balaban J connectivity index is 2.32. The van der Waals surface area contributed by atoms with Gasteiger partial charge in [-0.05, 0) is 38.0 Å². The maximum atomic E-state index is 10.0. The largest absolute Gasteiger partial charge is 0.395 e. The lowest BCUT2D eigenvalue weighted by molar-refractivity contribution is 0.199. The summed E-state index contributed by atoms with van der Waals surface area (Å²) in [5.41, 5.74) is 1.99. The summed E-state index contributed by atoms with van der Waals surface area (Å²) < 4.78 is 0.977. The molecule has 0 saturated heterocycles. The topological polar surface area (TPSA) is 43.7 Å². The zero-order chi connectivity index (χ0) is 14.5. The third-order valence-corrected chi connectivity index (χ3v) is 4.60. The van der Waals surface area contributed by atoms with Gasteiger partial charge in [0.15, 0.2) is 0 Å².